The van der Waals surface area contributed by atoms with E-state index >= 15 is 0 Å². The molecule has 1 aromatic carbocycles. The van der Waals surface area contributed by atoms with Gasteiger partial charge in [0.2, 0.25) is 17.7 Å². The molecule has 0 bridgehead atoms. The molecule has 2 N–H and O–H groups in total. The Bertz CT molecular complexity index is 1210. The molecule has 1 atom stereocenters. The normalized spacial score (nSPS) is 17.4. The van der Waals surface area contributed by atoms with Crippen molar-refractivity contribution in [3.8, 4) is 11.8 Å². The molecule has 34 heavy (non-hydrogen) atoms. The van der Waals surface area contributed by atoms with Crippen LogP contribution in [0.25, 0.3) is 11.0 Å². The van der Waals surface area contributed by atoms with E-state index in [1.165, 1.54) is 6.20 Å². The van der Waals surface area contributed by atoms with E-state index in [1.54, 1.807) is 41.3 Å². The Hall–Kier alpha value is -3.46. The molecule has 0 unspecified atom stereocenters. The standard InChI is InChI=1S/C24H24ClN5O4/c25-15-7-8-19(26-13-15)34-16-9-11-30(12-10-16)24(33)20(14-5-6-14)29-23(32)21-22(31)28-18-4-2-1-3-17(18)27-21/h1-4,7-8,13-14,16,20H,5-6,9-12H2,(H,28,31)(H,29,32)/t20-/m0/s1. The van der Waals surface area contributed by atoms with Gasteiger partial charge >= 0.3 is 0 Å². The second-order valence-corrected chi connectivity index (χ2v) is 9.07. The fourth-order valence-electron chi connectivity index (χ4n) is 4.16. The molecule has 1 saturated carbocycles. The summed E-state index contributed by atoms with van der Waals surface area (Å²) >= 11 is 5.86. The van der Waals surface area contributed by atoms with Gasteiger partial charge in [-0.05, 0) is 37.0 Å². The van der Waals surface area contributed by atoms with Crippen molar-refractivity contribution < 1.29 is 19.4 Å². The number of amides is 2. The largest absolute Gasteiger partial charge is 0.492 e. The highest BCUT2D eigenvalue weighted by Gasteiger charge is 2.41. The predicted molar refractivity (Wildman–Crippen MR) is 125 cm³/mol. The van der Waals surface area contributed by atoms with Crippen molar-refractivity contribution in [2.75, 3.05) is 13.1 Å². The number of nitrogens with one attached hydrogen (secondary N) is 1. The first-order chi connectivity index (χ1) is 16.5. The van der Waals surface area contributed by atoms with Crippen LogP contribution in [0.5, 0.6) is 11.8 Å². The number of hydrogen-bond acceptors (Lipinski definition) is 7. The zero-order valence-corrected chi connectivity index (χ0v) is 19.1. The van der Waals surface area contributed by atoms with Crippen LogP contribution in [0.3, 0.4) is 0 Å². The maximum atomic E-state index is 13.3. The molecule has 5 rings (SSSR count). The fraction of sp³-hybridized carbons (Fsp3) is 0.375. The Balaban J connectivity index is 1.22. The highest BCUT2D eigenvalue weighted by molar-refractivity contribution is 6.30. The van der Waals surface area contributed by atoms with Crippen molar-refractivity contribution in [2.45, 2.75) is 37.8 Å². The number of rotatable bonds is 6. The molecule has 1 saturated heterocycles. The molecule has 1 aliphatic carbocycles. The molecule has 9 nitrogen and oxygen atoms in total. The molecule has 2 aromatic heterocycles. The summed E-state index contributed by atoms with van der Waals surface area (Å²) < 4.78 is 5.91. The smallest absolute Gasteiger partial charge is 0.276 e. The van der Waals surface area contributed by atoms with Crippen LogP contribution in [0.4, 0.5) is 0 Å². The van der Waals surface area contributed by atoms with Crippen LogP contribution in [-0.2, 0) is 4.79 Å². The number of carbonyl (C=O) groups excluding carboxylic acids is 2. The first-order valence-electron chi connectivity index (χ1n) is 11.3. The second-order valence-electron chi connectivity index (χ2n) is 8.63. The molecule has 10 heteroatoms. The highest BCUT2D eigenvalue weighted by atomic mass is 35.5. The summed E-state index contributed by atoms with van der Waals surface area (Å²) in [5.41, 5.74) is 0.807. The van der Waals surface area contributed by atoms with Crippen LogP contribution in [-0.4, -0.2) is 62.0 Å². The summed E-state index contributed by atoms with van der Waals surface area (Å²) in [6, 6.07) is 9.77. The molecule has 176 valence electrons. The molecule has 3 aromatic rings. The SMILES string of the molecule is O=C(N[C@H](C(=O)N1CCC(Oc2ccc(Cl)cn2)CC1)C1CC1)c1nc2ccccc2nc1O. The summed E-state index contributed by atoms with van der Waals surface area (Å²) in [4.78, 5) is 40.5. The van der Waals surface area contributed by atoms with E-state index in [0.717, 1.165) is 12.8 Å². The number of fused-ring (bicyclic) bond motifs is 1. The first-order valence-corrected chi connectivity index (χ1v) is 11.7. The van der Waals surface area contributed by atoms with E-state index in [4.69, 9.17) is 16.3 Å². The molecular formula is C24H24ClN5O4. The zero-order valence-electron chi connectivity index (χ0n) is 18.4. The van der Waals surface area contributed by atoms with Gasteiger partial charge in [-0.25, -0.2) is 15.0 Å². The van der Waals surface area contributed by atoms with Crippen molar-refractivity contribution in [3.63, 3.8) is 0 Å². The maximum Gasteiger partial charge on any atom is 0.276 e. The fourth-order valence-corrected chi connectivity index (χ4v) is 4.27. The summed E-state index contributed by atoms with van der Waals surface area (Å²) in [5, 5.41) is 13.6. The van der Waals surface area contributed by atoms with Gasteiger partial charge in [-0.15, -0.1) is 0 Å². The van der Waals surface area contributed by atoms with Crippen LogP contribution in [0.2, 0.25) is 5.02 Å². The molecule has 3 heterocycles. The number of benzene rings is 1. The van der Waals surface area contributed by atoms with Gasteiger partial charge in [-0.1, -0.05) is 23.7 Å². The highest BCUT2D eigenvalue weighted by Crippen LogP contribution is 2.34. The van der Waals surface area contributed by atoms with Crippen molar-refractivity contribution in [2.24, 2.45) is 5.92 Å². The molecule has 2 aliphatic rings. The van der Waals surface area contributed by atoms with Gasteiger partial charge in [0.05, 0.1) is 16.1 Å². The number of aromatic hydroxyl groups is 1. The van der Waals surface area contributed by atoms with Crippen molar-refractivity contribution in [1.29, 1.82) is 0 Å². The minimum atomic E-state index is -0.657. The number of nitrogens with zero attached hydrogens (tertiary/aromatic N) is 4. The zero-order chi connectivity index (χ0) is 23.7. The Morgan fingerprint density at radius 1 is 1.06 bits per heavy atom. The maximum absolute atomic E-state index is 13.3. The Morgan fingerprint density at radius 3 is 2.41 bits per heavy atom. The van der Waals surface area contributed by atoms with Crippen LogP contribution in [0, 0.1) is 5.92 Å². The number of hydrogen-bond donors (Lipinski definition) is 2. The van der Waals surface area contributed by atoms with Gasteiger partial charge < -0.3 is 20.1 Å². The average molecular weight is 482 g/mol. The minimum Gasteiger partial charge on any atom is -0.492 e. The van der Waals surface area contributed by atoms with Gasteiger partial charge in [0, 0.05) is 38.2 Å². The lowest BCUT2D eigenvalue weighted by atomic mass is 10.0. The Labute approximate surface area is 201 Å². The number of aromatic nitrogens is 3. The predicted octanol–water partition coefficient (Wildman–Crippen LogP) is 2.96. The van der Waals surface area contributed by atoms with Gasteiger partial charge in [-0.3, -0.25) is 9.59 Å². The third-order valence-electron chi connectivity index (χ3n) is 6.15. The monoisotopic (exact) mass is 481 g/mol. The van der Waals surface area contributed by atoms with E-state index in [9.17, 15) is 14.7 Å². The number of carbonyl (C=O) groups is 2. The quantitative estimate of drug-likeness (QED) is 0.555. The van der Waals surface area contributed by atoms with Crippen molar-refractivity contribution in [1.82, 2.24) is 25.2 Å². The average Bonchev–Trinajstić information content (AvgIpc) is 3.69. The number of likely N-dealkylation sites (tertiary alicyclic amines) is 1. The minimum absolute atomic E-state index is 0.0449. The van der Waals surface area contributed by atoms with Gasteiger partial charge in [-0.2, -0.15) is 0 Å². The van der Waals surface area contributed by atoms with Gasteiger partial charge in [0.15, 0.2) is 5.69 Å². The topological polar surface area (TPSA) is 118 Å². The van der Waals surface area contributed by atoms with E-state index in [-0.39, 0.29) is 23.6 Å². The third kappa shape index (κ3) is 4.89. The van der Waals surface area contributed by atoms with E-state index in [2.05, 4.69) is 20.3 Å². The first kappa shape index (κ1) is 22.3. The van der Waals surface area contributed by atoms with Crippen molar-refractivity contribution >= 4 is 34.4 Å². The molecule has 0 radical (unpaired) electrons. The van der Waals surface area contributed by atoms with Crippen molar-refractivity contribution in [3.05, 3.63) is 53.3 Å². The van der Waals surface area contributed by atoms with Gasteiger partial charge in [0.1, 0.15) is 12.1 Å². The molecular weight excluding hydrogens is 458 g/mol. The lowest BCUT2D eigenvalue weighted by Crippen LogP contribution is -2.52. The Morgan fingerprint density at radius 2 is 1.76 bits per heavy atom. The summed E-state index contributed by atoms with van der Waals surface area (Å²) in [6.07, 6.45) is 4.56. The van der Waals surface area contributed by atoms with E-state index < -0.39 is 17.8 Å². The van der Waals surface area contributed by atoms with Crippen LogP contribution >= 0.6 is 11.6 Å². The van der Waals surface area contributed by atoms with E-state index in [1.807, 2.05) is 0 Å². The van der Waals surface area contributed by atoms with Gasteiger partial charge in [0.25, 0.3) is 5.91 Å². The molecule has 2 fully saturated rings. The Kier molecular flexibility index (Phi) is 6.19. The summed E-state index contributed by atoms with van der Waals surface area (Å²) in [5.74, 6) is -0.583. The lowest BCUT2D eigenvalue weighted by molar-refractivity contribution is -0.135. The molecule has 0 spiro atoms. The molecule has 2 amide bonds. The summed E-state index contributed by atoms with van der Waals surface area (Å²) in [6.45, 7) is 1.05. The number of para-hydroxylation sites is 2. The third-order valence-corrected chi connectivity index (χ3v) is 6.38. The lowest BCUT2D eigenvalue weighted by Gasteiger charge is -2.34. The van der Waals surface area contributed by atoms with Crippen LogP contribution in [0.15, 0.2) is 42.6 Å². The van der Waals surface area contributed by atoms with E-state index in [0.29, 0.717) is 47.9 Å². The molecule has 1 aliphatic heterocycles. The summed E-state index contributed by atoms with van der Waals surface area (Å²) in [7, 11) is 0. The number of piperidine rings is 1. The number of halogens is 1. The van der Waals surface area contributed by atoms with Crippen LogP contribution in [0.1, 0.15) is 36.2 Å². The van der Waals surface area contributed by atoms with Crippen LogP contribution < -0.4 is 10.1 Å². The second kappa shape index (κ2) is 9.42. The number of pyridine rings is 1. The number of ether oxygens (including phenoxy) is 1.